The molecule has 0 spiro atoms. The van der Waals surface area contributed by atoms with Gasteiger partial charge in [0, 0.05) is 24.8 Å². The summed E-state index contributed by atoms with van der Waals surface area (Å²) in [6.45, 7) is 2.70. The summed E-state index contributed by atoms with van der Waals surface area (Å²) in [5.74, 6) is 0.644. The predicted octanol–water partition coefficient (Wildman–Crippen LogP) is 1.80. The summed E-state index contributed by atoms with van der Waals surface area (Å²) in [7, 11) is 1.93. The van der Waals surface area contributed by atoms with Gasteiger partial charge in [-0.1, -0.05) is 11.6 Å². The molecule has 0 amide bonds. The van der Waals surface area contributed by atoms with Crippen LogP contribution in [0.25, 0.3) is 0 Å². The van der Waals surface area contributed by atoms with Crippen LogP contribution in [0, 0.1) is 6.92 Å². The number of anilines is 1. The second kappa shape index (κ2) is 4.49. The molecule has 2 aromatic rings. The van der Waals surface area contributed by atoms with E-state index in [0.29, 0.717) is 17.5 Å². The van der Waals surface area contributed by atoms with E-state index in [0.717, 1.165) is 11.3 Å². The van der Waals surface area contributed by atoms with Crippen LogP contribution in [-0.4, -0.2) is 27.2 Å². The molecular formula is C10H12ClN5. The number of hydrogen-bond acceptors (Lipinski definition) is 4. The fraction of sp³-hybridized carbons (Fsp3) is 0.300. The van der Waals surface area contributed by atoms with Crippen molar-refractivity contribution in [1.82, 2.24) is 20.2 Å². The normalized spacial score (nSPS) is 10.4. The third-order valence-corrected chi connectivity index (χ3v) is 2.49. The Hall–Kier alpha value is -1.62. The monoisotopic (exact) mass is 237 g/mol. The van der Waals surface area contributed by atoms with Crippen LogP contribution in [0.4, 0.5) is 5.95 Å². The lowest BCUT2D eigenvalue weighted by molar-refractivity contribution is 0.861. The molecule has 0 atom stereocenters. The van der Waals surface area contributed by atoms with Crippen molar-refractivity contribution in [2.45, 2.75) is 13.5 Å². The van der Waals surface area contributed by atoms with Crippen LogP contribution >= 0.6 is 11.6 Å². The summed E-state index contributed by atoms with van der Waals surface area (Å²) in [6.07, 6.45) is 4.98. The highest BCUT2D eigenvalue weighted by Crippen LogP contribution is 2.12. The molecule has 1 N–H and O–H groups in total. The number of nitrogens with zero attached hydrogens (tertiary/aromatic N) is 4. The van der Waals surface area contributed by atoms with E-state index in [9.17, 15) is 0 Å². The number of rotatable bonds is 3. The predicted molar refractivity (Wildman–Crippen MR) is 62.5 cm³/mol. The molecule has 6 heteroatoms. The van der Waals surface area contributed by atoms with Crippen LogP contribution in [0.3, 0.4) is 0 Å². The van der Waals surface area contributed by atoms with E-state index in [1.807, 2.05) is 25.1 Å². The van der Waals surface area contributed by atoms with Crippen molar-refractivity contribution >= 4 is 17.5 Å². The zero-order valence-corrected chi connectivity index (χ0v) is 9.86. The summed E-state index contributed by atoms with van der Waals surface area (Å²) in [5.41, 5.74) is 2.18. The number of H-pyrrole nitrogens is 1. The summed E-state index contributed by atoms with van der Waals surface area (Å²) in [6, 6.07) is 0. The molecular weight excluding hydrogens is 226 g/mol. The van der Waals surface area contributed by atoms with E-state index < -0.39 is 0 Å². The smallest absolute Gasteiger partial charge is 0.225 e. The Bertz CT molecular complexity index is 464. The van der Waals surface area contributed by atoms with Crippen LogP contribution in [0.15, 0.2) is 18.6 Å². The third kappa shape index (κ3) is 2.30. The first kappa shape index (κ1) is 10.9. The second-order valence-electron chi connectivity index (χ2n) is 3.58. The molecule has 0 bridgehead atoms. The number of halogens is 1. The van der Waals surface area contributed by atoms with E-state index in [-0.39, 0.29) is 0 Å². The van der Waals surface area contributed by atoms with Gasteiger partial charge in [0.05, 0.1) is 23.6 Å². The maximum absolute atomic E-state index is 5.73. The number of aromatic amines is 1. The van der Waals surface area contributed by atoms with Gasteiger partial charge in [-0.05, 0) is 6.92 Å². The lowest BCUT2D eigenvalue weighted by Crippen LogP contribution is -2.19. The Morgan fingerprint density at radius 1 is 1.31 bits per heavy atom. The highest BCUT2D eigenvalue weighted by molar-refractivity contribution is 6.30. The minimum atomic E-state index is 0.539. The molecule has 0 radical (unpaired) electrons. The van der Waals surface area contributed by atoms with Crippen molar-refractivity contribution in [2.24, 2.45) is 0 Å². The fourth-order valence-electron chi connectivity index (χ4n) is 1.36. The third-order valence-electron chi connectivity index (χ3n) is 2.29. The van der Waals surface area contributed by atoms with E-state index in [1.165, 1.54) is 0 Å². The maximum Gasteiger partial charge on any atom is 0.225 e. The van der Waals surface area contributed by atoms with Gasteiger partial charge in [-0.3, -0.25) is 5.10 Å². The zero-order valence-electron chi connectivity index (χ0n) is 9.11. The molecule has 84 valence electrons. The van der Waals surface area contributed by atoms with Gasteiger partial charge in [-0.25, -0.2) is 9.97 Å². The van der Waals surface area contributed by atoms with Crippen LogP contribution in [0.5, 0.6) is 0 Å². The highest BCUT2D eigenvalue weighted by Gasteiger charge is 2.07. The van der Waals surface area contributed by atoms with Crippen LogP contribution in [0.2, 0.25) is 5.02 Å². The van der Waals surface area contributed by atoms with Gasteiger partial charge in [0.1, 0.15) is 0 Å². The van der Waals surface area contributed by atoms with Crippen LogP contribution < -0.4 is 4.90 Å². The molecule has 2 heterocycles. The SMILES string of the molecule is Cc1[nH]ncc1CN(C)c1ncc(Cl)cn1. The topological polar surface area (TPSA) is 57.7 Å². The van der Waals surface area contributed by atoms with Gasteiger partial charge in [0.15, 0.2) is 0 Å². The quantitative estimate of drug-likeness (QED) is 0.885. The van der Waals surface area contributed by atoms with Gasteiger partial charge in [0.2, 0.25) is 5.95 Å². The Morgan fingerprint density at radius 2 is 2.00 bits per heavy atom. The van der Waals surface area contributed by atoms with E-state index >= 15 is 0 Å². The Labute approximate surface area is 98.5 Å². The first-order chi connectivity index (χ1) is 7.66. The summed E-state index contributed by atoms with van der Waals surface area (Å²) < 4.78 is 0. The fourth-order valence-corrected chi connectivity index (χ4v) is 1.46. The Kier molecular flexibility index (Phi) is 3.05. The van der Waals surface area contributed by atoms with Gasteiger partial charge in [0.25, 0.3) is 0 Å². The van der Waals surface area contributed by atoms with Gasteiger partial charge in [-0.15, -0.1) is 0 Å². The van der Waals surface area contributed by atoms with E-state index in [4.69, 9.17) is 11.6 Å². The van der Waals surface area contributed by atoms with Crippen molar-refractivity contribution < 1.29 is 0 Å². The molecule has 0 fully saturated rings. The number of aryl methyl sites for hydroxylation is 1. The average Bonchev–Trinajstić information content (AvgIpc) is 2.65. The first-order valence-corrected chi connectivity index (χ1v) is 5.22. The van der Waals surface area contributed by atoms with Gasteiger partial charge >= 0.3 is 0 Å². The lowest BCUT2D eigenvalue weighted by Gasteiger charge is -2.15. The van der Waals surface area contributed by atoms with E-state index in [1.54, 1.807) is 12.4 Å². The van der Waals surface area contributed by atoms with Crippen molar-refractivity contribution in [2.75, 3.05) is 11.9 Å². The number of nitrogens with one attached hydrogen (secondary N) is 1. The maximum atomic E-state index is 5.73. The van der Waals surface area contributed by atoms with E-state index in [2.05, 4.69) is 20.2 Å². The second-order valence-corrected chi connectivity index (χ2v) is 4.01. The first-order valence-electron chi connectivity index (χ1n) is 4.84. The van der Waals surface area contributed by atoms with Crippen molar-refractivity contribution in [1.29, 1.82) is 0 Å². The Morgan fingerprint density at radius 3 is 2.56 bits per heavy atom. The number of aromatic nitrogens is 4. The van der Waals surface area contributed by atoms with Crippen molar-refractivity contribution in [3.05, 3.63) is 34.9 Å². The largest absolute Gasteiger partial charge is 0.339 e. The molecule has 0 aromatic carbocycles. The van der Waals surface area contributed by atoms with Crippen molar-refractivity contribution in [3.63, 3.8) is 0 Å². The zero-order chi connectivity index (χ0) is 11.5. The molecule has 0 aliphatic heterocycles. The molecule has 16 heavy (non-hydrogen) atoms. The molecule has 5 nitrogen and oxygen atoms in total. The van der Waals surface area contributed by atoms with Crippen LogP contribution in [-0.2, 0) is 6.54 Å². The molecule has 0 aliphatic rings. The summed E-state index contributed by atoms with van der Waals surface area (Å²) >= 11 is 5.73. The molecule has 0 saturated heterocycles. The summed E-state index contributed by atoms with van der Waals surface area (Å²) in [5, 5.41) is 7.40. The lowest BCUT2D eigenvalue weighted by atomic mass is 10.2. The minimum absolute atomic E-state index is 0.539. The highest BCUT2D eigenvalue weighted by atomic mass is 35.5. The standard InChI is InChI=1S/C10H12ClN5/c1-7-8(3-14-15-7)6-16(2)10-12-4-9(11)5-13-10/h3-5H,6H2,1-2H3,(H,14,15). The minimum Gasteiger partial charge on any atom is -0.339 e. The molecule has 2 rings (SSSR count). The van der Waals surface area contributed by atoms with Crippen LogP contribution in [0.1, 0.15) is 11.3 Å². The van der Waals surface area contributed by atoms with Crippen molar-refractivity contribution in [3.8, 4) is 0 Å². The van der Waals surface area contributed by atoms with Gasteiger partial charge < -0.3 is 4.90 Å². The number of hydrogen-bond donors (Lipinski definition) is 1. The Balaban J connectivity index is 2.11. The van der Waals surface area contributed by atoms with Gasteiger partial charge in [-0.2, -0.15) is 5.10 Å². The molecule has 0 saturated carbocycles. The molecule has 0 unspecified atom stereocenters. The average molecular weight is 238 g/mol. The molecule has 0 aliphatic carbocycles. The molecule has 2 aromatic heterocycles. The summed E-state index contributed by atoms with van der Waals surface area (Å²) in [4.78, 5) is 10.2.